The van der Waals surface area contributed by atoms with E-state index in [1.54, 1.807) is 12.3 Å². The second-order valence-electron chi connectivity index (χ2n) is 5.89. The summed E-state index contributed by atoms with van der Waals surface area (Å²) in [6.07, 6.45) is 2.94. The molecule has 1 atom stereocenters. The Bertz CT molecular complexity index is 798. The first-order valence-corrected chi connectivity index (χ1v) is 9.07. The molecule has 0 unspecified atom stereocenters. The quantitative estimate of drug-likeness (QED) is 0.699. The topological polar surface area (TPSA) is 97.4 Å². The lowest BCUT2D eigenvalue weighted by Gasteiger charge is -2.24. The number of benzene rings is 1. The SMILES string of the molecule is Cc1cnc(NC(=O)Nc2cc(Cl)c(Cl)cc2OC[C@@H]2CNCCO2)cn1. The summed E-state index contributed by atoms with van der Waals surface area (Å²) in [5.41, 5.74) is 1.13. The number of aromatic nitrogens is 2. The predicted molar refractivity (Wildman–Crippen MR) is 104 cm³/mol. The first kappa shape index (κ1) is 19.6. The molecule has 1 aliphatic rings. The van der Waals surface area contributed by atoms with Crippen LogP contribution in [0.25, 0.3) is 0 Å². The van der Waals surface area contributed by atoms with E-state index in [1.807, 2.05) is 6.92 Å². The molecule has 2 heterocycles. The summed E-state index contributed by atoms with van der Waals surface area (Å²) in [5, 5.41) is 9.13. The minimum absolute atomic E-state index is 0.0855. The Balaban J connectivity index is 1.67. The molecule has 1 fully saturated rings. The van der Waals surface area contributed by atoms with Crippen molar-refractivity contribution in [3.05, 3.63) is 40.3 Å². The van der Waals surface area contributed by atoms with Crippen LogP contribution in [0.15, 0.2) is 24.5 Å². The van der Waals surface area contributed by atoms with E-state index in [0.29, 0.717) is 47.1 Å². The van der Waals surface area contributed by atoms with Gasteiger partial charge in [0.2, 0.25) is 0 Å². The Morgan fingerprint density at radius 2 is 2.11 bits per heavy atom. The third-order valence-electron chi connectivity index (χ3n) is 3.72. The number of halogens is 2. The van der Waals surface area contributed by atoms with Crippen molar-refractivity contribution in [2.75, 3.05) is 36.9 Å². The fraction of sp³-hybridized carbons (Fsp3) is 0.353. The molecule has 1 aromatic heterocycles. The van der Waals surface area contributed by atoms with Crippen LogP contribution in [0.2, 0.25) is 10.0 Å². The highest BCUT2D eigenvalue weighted by Crippen LogP contribution is 2.34. The van der Waals surface area contributed by atoms with Crippen LogP contribution in [0.3, 0.4) is 0 Å². The van der Waals surface area contributed by atoms with Crippen molar-refractivity contribution in [1.82, 2.24) is 15.3 Å². The lowest BCUT2D eigenvalue weighted by molar-refractivity contribution is 0.000353. The minimum Gasteiger partial charge on any atom is -0.489 e. The molecule has 1 aliphatic heterocycles. The minimum atomic E-state index is -0.507. The number of ether oxygens (including phenoxy) is 2. The van der Waals surface area contributed by atoms with Gasteiger partial charge in [0.05, 0.1) is 40.4 Å². The lowest BCUT2D eigenvalue weighted by Crippen LogP contribution is -2.41. The number of aryl methyl sites for hydroxylation is 1. The van der Waals surface area contributed by atoms with E-state index in [-0.39, 0.29) is 6.10 Å². The summed E-state index contributed by atoms with van der Waals surface area (Å²) in [6, 6.07) is 2.58. The molecule has 0 radical (unpaired) electrons. The van der Waals surface area contributed by atoms with Gasteiger partial charge in [-0.2, -0.15) is 0 Å². The molecular weight excluding hydrogens is 393 g/mol. The molecule has 144 valence electrons. The Morgan fingerprint density at radius 3 is 2.81 bits per heavy atom. The Morgan fingerprint density at radius 1 is 1.30 bits per heavy atom. The zero-order valence-corrected chi connectivity index (χ0v) is 16.1. The normalized spacial score (nSPS) is 16.6. The van der Waals surface area contributed by atoms with Crippen LogP contribution in [0.4, 0.5) is 16.3 Å². The molecule has 0 spiro atoms. The molecule has 27 heavy (non-hydrogen) atoms. The van der Waals surface area contributed by atoms with Gasteiger partial charge in [0.25, 0.3) is 0 Å². The van der Waals surface area contributed by atoms with Crippen molar-refractivity contribution in [2.24, 2.45) is 0 Å². The maximum Gasteiger partial charge on any atom is 0.325 e. The van der Waals surface area contributed by atoms with Gasteiger partial charge in [0.15, 0.2) is 5.82 Å². The van der Waals surface area contributed by atoms with Crippen molar-refractivity contribution in [1.29, 1.82) is 0 Å². The number of carbonyl (C=O) groups is 1. The monoisotopic (exact) mass is 411 g/mol. The summed E-state index contributed by atoms with van der Waals surface area (Å²) in [4.78, 5) is 20.4. The number of urea groups is 1. The van der Waals surface area contributed by atoms with Crippen LogP contribution >= 0.6 is 23.2 Å². The largest absolute Gasteiger partial charge is 0.489 e. The number of amides is 2. The molecule has 2 aromatic rings. The number of nitrogens with one attached hydrogen (secondary N) is 3. The van der Waals surface area contributed by atoms with Crippen molar-refractivity contribution < 1.29 is 14.3 Å². The van der Waals surface area contributed by atoms with Crippen LogP contribution in [0.1, 0.15) is 5.69 Å². The Hall–Kier alpha value is -2.13. The average molecular weight is 412 g/mol. The number of nitrogens with zero attached hydrogens (tertiary/aromatic N) is 2. The van der Waals surface area contributed by atoms with Gasteiger partial charge in [-0.05, 0) is 13.0 Å². The van der Waals surface area contributed by atoms with E-state index in [9.17, 15) is 4.79 Å². The van der Waals surface area contributed by atoms with Crippen LogP contribution in [-0.2, 0) is 4.74 Å². The van der Waals surface area contributed by atoms with Gasteiger partial charge in [-0.3, -0.25) is 10.3 Å². The third-order valence-corrected chi connectivity index (χ3v) is 4.44. The summed E-state index contributed by atoms with van der Waals surface area (Å²) in [6.45, 7) is 4.25. The molecule has 0 bridgehead atoms. The molecule has 2 amide bonds. The standard InChI is InChI=1S/C17H19Cl2N5O3/c1-10-6-22-16(8-21-10)24-17(25)23-14-4-12(18)13(19)5-15(14)27-9-11-7-20-2-3-26-11/h4-6,8,11,20H,2-3,7,9H2,1H3,(H2,22,23,24,25)/t11-/m0/s1. The van der Waals surface area contributed by atoms with Gasteiger partial charge in [0.1, 0.15) is 18.5 Å². The second kappa shape index (κ2) is 9.18. The third kappa shape index (κ3) is 5.67. The van der Waals surface area contributed by atoms with Crippen LogP contribution in [0.5, 0.6) is 5.75 Å². The molecule has 3 N–H and O–H groups in total. The number of hydrogen-bond donors (Lipinski definition) is 3. The van der Waals surface area contributed by atoms with E-state index < -0.39 is 6.03 Å². The fourth-order valence-electron chi connectivity index (χ4n) is 2.38. The Kier molecular flexibility index (Phi) is 6.68. The number of morpholine rings is 1. The van der Waals surface area contributed by atoms with E-state index in [4.69, 9.17) is 32.7 Å². The van der Waals surface area contributed by atoms with Gasteiger partial charge >= 0.3 is 6.03 Å². The summed E-state index contributed by atoms with van der Waals surface area (Å²) in [7, 11) is 0. The van der Waals surface area contributed by atoms with Gasteiger partial charge in [-0.1, -0.05) is 23.2 Å². The highest BCUT2D eigenvalue weighted by atomic mass is 35.5. The maximum atomic E-state index is 12.3. The summed E-state index contributed by atoms with van der Waals surface area (Å²) < 4.78 is 11.4. The van der Waals surface area contributed by atoms with Crippen LogP contribution in [0, 0.1) is 6.92 Å². The second-order valence-corrected chi connectivity index (χ2v) is 6.71. The zero-order chi connectivity index (χ0) is 19.2. The molecule has 3 rings (SSSR count). The van der Waals surface area contributed by atoms with Gasteiger partial charge in [-0.15, -0.1) is 0 Å². The molecule has 1 saturated heterocycles. The first-order valence-electron chi connectivity index (χ1n) is 8.32. The average Bonchev–Trinajstić information content (AvgIpc) is 2.66. The number of anilines is 2. The van der Waals surface area contributed by atoms with Crippen molar-refractivity contribution in [3.8, 4) is 5.75 Å². The highest BCUT2D eigenvalue weighted by molar-refractivity contribution is 6.42. The lowest BCUT2D eigenvalue weighted by atomic mass is 10.2. The van der Waals surface area contributed by atoms with Crippen LogP contribution in [-0.4, -0.2) is 48.4 Å². The van der Waals surface area contributed by atoms with E-state index in [0.717, 1.165) is 12.2 Å². The first-order chi connectivity index (χ1) is 13.0. The molecule has 10 heteroatoms. The van der Waals surface area contributed by atoms with E-state index >= 15 is 0 Å². The number of rotatable bonds is 5. The summed E-state index contributed by atoms with van der Waals surface area (Å²) in [5.74, 6) is 0.714. The molecule has 1 aromatic carbocycles. The molecule has 0 saturated carbocycles. The van der Waals surface area contributed by atoms with Gasteiger partial charge in [-0.25, -0.2) is 9.78 Å². The van der Waals surface area contributed by atoms with Crippen LogP contribution < -0.4 is 20.7 Å². The number of carbonyl (C=O) groups excluding carboxylic acids is 1. The molecule has 0 aliphatic carbocycles. The van der Waals surface area contributed by atoms with E-state index in [1.165, 1.54) is 12.3 Å². The van der Waals surface area contributed by atoms with Crippen molar-refractivity contribution in [2.45, 2.75) is 13.0 Å². The van der Waals surface area contributed by atoms with Crippen molar-refractivity contribution >= 4 is 40.7 Å². The Labute approximate surface area is 166 Å². The van der Waals surface area contributed by atoms with Gasteiger partial charge in [0, 0.05) is 19.2 Å². The molecule has 8 nitrogen and oxygen atoms in total. The van der Waals surface area contributed by atoms with E-state index in [2.05, 4.69) is 25.9 Å². The highest BCUT2D eigenvalue weighted by Gasteiger charge is 2.17. The van der Waals surface area contributed by atoms with Crippen molar-refractivity contribution in [3.63, 3.8) is 0 Å². The smallest absolute Gasteiger partial charge is 0.325 e. The maximum absolute atomic E-state index is 12.3. The molecular formula is C17H19Cl2N5O3. The predicted octanol–water partition coefficient (Wildman–Crippen LogP) is 3.10. The fourth-order valence-corrected chi connectivity index (χ4v) is 2.70. The zero-order valence-electron chi connectivity index (χ0n) is 14.6. The van der Waals surface area contributed by atoms with Gasteiger partial charge < -0.3 is 20.1 Å². The number of hydrogen-bond acceptors (Lipinski definition) is 6. The summed E-state index contributed by atoms with van der Waals surface area (Å²) >= 11 is 12.2.